The molecule has 94 valence electrons. The number of carbonyl (C=O) groups is 1. The lowest BCUT2D eigenvalue weighted by Gasteiger charge is -2.08. The molecule has 1 amide bonds. The van der Waals surface area contributed by atoms with Gasteiger partial charge in [0.25, 0.3) is 5.91 Å². The largest absolute Gasteiger partial charge is 0.399 e. The molecular formula is C14H17N3O. The Kier molecular flexibility index (Phi) is 3.37. The first-order valence-electron chi connectivity index (χ1n) is 5.82. The molecule has 0 aliphatic carbocycles. The first-order chi connectivity index (χ1) is 8.58. The normalized spacial score (nSPS) is 10.3. The Morgan fingerprint density at radius 2 is 2.17 bits per heavy atom. The van der Waals surface area contributed by atoms with Gasteiger partial charge in [-0.2, -0.15) is 0 Å². The van der Waals surface area contributed by atoms with Crippen molar-refractivity contribution in [3.63, 3.8) is 0 Å². The first-order valence-corrected chi connectivity index (χ1v) is 5.82. The number of hydrogen-bond acceptors (Lipinski definition) is 2. The van der Waals surface area contributed by atoms with E-state index in [1.54, 1.807) is 18.2 Å². The number of hydrogen-bond donors (Lipinski definition) is 2. The summed E-state index contributed by atoms with van der Waals surface area (Å²) in [7, 11) is 1.95. The molecule has 2 rings (SSSR count). The van der Waals surface area contributed by atoms with Gasteiger partial charge in [0.05, 0.1) is 6.54 Å². The topological polar surface area (TPSA) is 60.0 Å². The van der Waals surface area contributed by atoms with Crippen LogP contribution in [0.25, 0.3) is 0 Å². The maximum atomic E-state index is 12.0. The summed E-state index contributed by atoms with van der Waals surface area (Å²) in [5.41, 5.74) is 9.05. The second-order valence-electron chi connectivity index (χ2n) is 4.36. The smallest absolute Gasteiger partial charge is 0.251 e. The predicted molar refractivity (Wildman–Crippen MR) is 72.2 cm³/mol. The lowest BCUT2D eigenvalue weighted by Crippen LogP contribution is -2.23. The summed E-state index contributed by atoms with van der Waals surface area (Å²) >= 11 is 0. The van der Waals surface area contributed by atoms with Crippen LogP contribution in [-0.4, -0.2) is 10.5 Å². The van der Waals surface area contributed by atoms with Crippen LogP contribution in [-0.2, 0) is 13.6 Å². The van der Waals surface area contributed by atoms with Gasteiger partial charge in [0.15, 0.2) is 0 Å². The fourth-order valence-electron chi connectivity index (χ4n) is 1.77. The zero-order valence-corrected chi connectivity index (χ0v) is 10.6. The number of amides is 1. The van der Waals surface area contributed by atoms with E-state index in [9.17, 15) is 4.79 Å². The van der Waals surface area contributed by atoms with Crippen molar-refractivity contribution in [2.75, 3.05) is 5.73 Å². The molecule has 0 radical (unpaired) electrons. The Balaban J connectivity index is 2.04. The molecule has 0 fully saturated rings. The van der Waals surface area contributed by atoms with Gasteiger partial charge in [-0.1, -0.05) is 0 Å². The van der Waals surface area contributed by atoms with E-state index in [0.717, 1.165) is 11.3 Å². The fraction of sp³-hybridized carbons (Fsp3) is 0.214. The standard InChI is InChI=1S/C14H17N3O/c1-10-8-11(5-6-13(10)15)14(18)16-9-12-4-3-7-17(12)2/h3-8H,9,15H2,1-2H3,(H,16,18). The van der Waals surface area contributed by atoms with Crippen LogP contribution in [0.15, 0.2) is 36.5 Å². The molecule has 1 aromatic heterocycles. The monoisotopic (exact) mass is 243 g/mol. The molecule has 4 nitrogen and oxygen atoms in total. The summed E-state index contributed by atoms with van der Waals surface area (Å²) < 4.78 is 1.98. The van der Waals surface area contributed by atoms with Crippen molar-refractivity contribution in [2.24, 2.45) is 7.05 Å². The molecule has 0 aliphatic rings. The Morgan fingerprint density at radius 1 is 1.39 bits per heavy atom. The summed E-state index contributed by atoms with van der Waals surface area (Å²) in [6.45, 7) is 2.41. The number of aromatic nitrogens is 1. The van der Waals surface area contributed by atoms with E-state index < -0.39 is 0 Å². The number of aryl methyl sites for hydroxylation is 2. The quantitative estimate of drug-likeness (QED) is 0.808. The number of nitrogen functional groups attached to an aromatic ring is 1. The number of nitrogens with zero attached hydrogens (tertiary/aromatic N) is 1. The molecule has 1 aromatic carbocycles. The molecule has 18 heavy (non-hydrogen) atoms. The molecule has 0 saturated heterocycles. The van der Waals surface area contributed by atoms with Gasteiger partial charge in [-0.05, 0) is 42.8 Å². The third-order valence-electron chi connectivity index (χ3n) is 3.01. The molecule has 0 saturated carbocycles. The minimum atomic E-state index is -0.0840. The fourth-order valence-corrected chi connectivity index (χ4v) is 1.77. The highest BCUT2D eigenvalue weighted by atomic mass is 16.1. The van der Waals surface area contributed by atoms with Gasteiger partial charge in [-0.15, -0.1) is 0 Å². The Labute approximate surface area is 106 Å². The minimum Gasteiger partial charge on any atom is -0.399 e. The SMILES string of the molecule is Cc1cc(C(=O)NCc2cccn2C)ccc1N. The molecule has 0 bridgehead atoms. The average molecular weight is 243 g/mol. The van der Waals surface area contributed by atoms with Crippen molar-refractivity contribution in [1.29, 1.82) is 0 Å². The highest BCUT2D eigenvalue weighted by molar-refractivity contribution is 5.94. The number of carbonyl (C=O) groups excluding carboxylic acids is 1. The average Bonchev–Trinajstić information content (AvgIpc) is 2.75. The van der Waals surface area contributed by atoms with Crippen molar-refractivity contribution in [1.82, 2.24) is 9.88 Å². The third-order valence-corrected chi connectivity index (χ3v) is 3.01. The van der Waals surface area contributed by atoms with Crippen LogP contribution < -0.4 is 11.1 Å². The van der Waals surface area contributed by atoms with Gasteiger partial charge >= 0.3 is 0 Å². The number of anilines is 1. The van der Waals surface area contributed by atoms with Crippen LogP contribution in [0.3, 0.4) is 0 Å². The first kappa shape index (κ1) is 12.2. The zero-order chi connectivity index (χ0) is 13.1. The van der Waals surface area contributed by atoms with Crippen molar-refractivity contribution in [2.45, 2.75) is 13.5 Å². The predicted octanol–water partition coefficient (Wildman–Crippen LogP) is 1.85. The van der Waals surface area contributed by atoms with Gasteiger partial charge in [-0.3, -0.25) is 4.79 Å². The molecule has 2 aromatic rings. The van der Waals surface area contributed by atoms with Gasteiger partial charge in [0, 0.05) is 30.2 Å². The maximum absolute atomic E-state index is 12.0. The molecule has 0 unspecified atom stereocenters. The van der Waals surface area contributed by atoms with E-state index in [1.807, 2.05) is 36.9 Å². The lowest BCUT2D eigenvalue weighted by atomic mass is 10.1. The molecule has 0 spiro atoms. The second kappa shape index (κ2) is 4.96. The van der Waals surface area contributed by atoms with Crippen molar-refractivity contribution < 1.29 is 4.79 Å². The molecule has 3 N–H and O–H groups in total. The second-order valence-corrected chi connectivity index (χ2v) is 4.36. The van der Waals surface area contributed by atoms with E-state index in [1.165, 1.54) is 0 Å². The Morgan fingerprint density at radius 3 is 2.78 bits per heavy atom. The summed E-state index contributed by atoms with van der Waals surface area (Å²) in [6.07, 6.45) is 1.95. The van der Waals surface area contributed by atoms with E-state index in [2.05, 4.69) is 5.32 Å². The lowest BCUT2D eigenvalue weighted by molar-refractivity contribution is 0.0950. The summed E-state index contributed by atoms with van der Waals surface area (Å²) in [4.78, 5) is 12.0. The Hall–Kier alpha value is -2.23. The van der Waals surface area contributed by atoms with Crippen LogP contribution in [0.1, 0.15) is 21.6 Å². The Bertz CT molecular complexity index is 572. The molecule has 1 heterocycles. The van der Waals surface area contributed by atoms with Crippen LogP contribution in [0.5, 0.6) is 0 Å². The summed E-state index contributed by atoms with van der Waals surface area (Å²) in [5, 5.41) is 2.89. The number of nitrogens with one attached hydrogen (secondary N) is 1. The van der Waals surface area contributed by atoms with E-state index in [4.69, 9.17) is 5.73 Å². The van der Waals surface area contributed by atoms with Crippen molar-refractivity contribution in [3.8, 4) is 0 Å². The zero-order valence-electron chi connectivity index (χ0n) is 10.6. The molecule has 4 heteroatoms. The van der Waals surface area contributed by atoms with Gasteiger partial charge in [0.1, 0.15) is 0 Å². The third kappa shape index (κ3) is 2.53. The number of benzene rings is 1. The maximum Gasteiger partial charge on any atom is 0.251 e. The molecular weight excluding hydrogens is 226 g/mol. The van der Waals surface area contributed by atoms with Gasteiger partial charge in [0.2, 0.25) is 0 Å². The van der Waals surface area contributed by atoms with Crippen molar-refractivity contribution >= 4 is 11.6 Å². The highest BCUT2D eigenvalue weighted by Gasteiger charge is 2.07. The van der Waals surface area contributed by atoms with Crippen LogP contribution in [0.4, 0.5) is 5.69 Å². The van der Waals surface area contributed by atoms with Gasteiger partial charge < -0.3 is 15.6 Å². The summed E-state index contributed by atoms with van der Waals surface area (Å²) in [6, 6.07) is 9.23. The summed E-state index contributed by atoms with van der Waals surface area (Å²) in [5.74, 6) is -0.0840. The number of nitrogens with two attached hydrogens (primary N) is 1. The van der Waals surface area contributed by atoms with Crippen molar-refractivity contribution in [3.05, 3.63) is 53.3 Å². The van der Waals surface area contributed by atoms with Crippen LogP contribution in [0.2, 0.25) is 0 Å². The van der Waals surface area contributed by atoms with E-state index in [-0.39, 0.29) is 5.91 Å². The molecule has 0 atom stereocenters. The minimum absolute atomic E-state index is 0.0840. The van der Waals surface area contributed by atoms with Crippen LogP contribution in [0, 0.1) is 6.92 Å². The highest BCUT2D eigenvalue weighted by Crippen LogP contribution is 2.12. The van der Waals surface area contributed by atoms with E-state index in [0.29, 0.717) is 17.8 Å². The van der Waals surface area contributed by atoms with Gasteiger partial charge in [-0.25, -0.2) is 0 Å². The van der Waals surface area contributed by atoms with E-state index >= 15 is 0 Å². The van der Waals surface area contributed by atoms with Crippen LogP contribution >= 0.6 is 0 Å². The number of rotatable bonds is 3. The molecule has 0 aliphatic heterocycles.